The van der Waals surface area contributed by atoms with Crippen molar-refractivity contribution in [1.29, 1.82) is 0 Å². The Balaban J connectivity index is 1.86. The van der Waals surface area contributed by atoms with Gasteiger partial charge in [-0.15, -0.1) is 0 Å². The van der Waals surface area contributed by atoms with E-state index in [4.69, 9.17) is 4.74 Å². The second-order valence-electron chi connectivity index (χ2n) is 5.40. The molecular weight excluding hydrogens is 306 g/mol. The average molecular weight is 327 g/mol. The maximum atomic E-state index is 12.1. The van der Waals surface area contributed by atoms with E-state index in [9.17, 15) is 9.59 Å². The third-order valence-electron chi connectivity index (χ3n) is 3.71. The average Bonchev–Trinajstić information content (AvgIpc) is 2.63. The number of benzene rings is 1. The van der Waals surface area contributed by atoms with Crippen LogP contribution in [0.2, 0.25) is 0 Å². The summed E-state index contributed by atoms with van der Waals surface area (Å²) in [6.07, 6.45) is 4.16. The van der Waals surface area contributed by atoms with Crippen molar-refractivity contribution in [2.24, 2.45) is 0 Å². The first-order valence-electron chi connectivity index (χ1n) is 7.91. The molecule has 0 unspecified atom stereocenters. The summed E-state index contributed by atoms with van der Waals surface area (Å²) in [7, 11) is 0. The van der Waals surface area contributed by atoms with Gasteiger partial charge in [-0.1, -0.05) is 37.3 Å². The summed E-state index contributed by atoms with van der Waals surface area (Å²) in [6, 6.07) is 9.99. The summed E-state index contributed by atoms with van der Waals surface area (Å²) in [5.41, 5.74) is 1.25. The molecular formula is C18H21N3O3. The van der Waals surface area contributed by atoms with Crippen LogP contribution in [0.1, 0.15) is 42.2 Å². The molecule has 6 nitrogen and oxygen atoms in total. The van der Waals surface area contributed by atoms with Crippen LogP contribution in [0.15, 0.2) is 48.9 Å². The molecule has 1 heterocycles. The summed E-state index contributed by atoms with van der Waals surface area (Å²) in [4.78, 5) is 31.7. The van der Waals surface area contributed by atoms with Gasteiger partial charge in [0.05, 0.1) is 6.20 Å². The number of nitrogens with zero attached hydrogens (tertiary/aromatic N) is 2. The Labute approximate surface area is 141 Å². The molecule has 126 valence electrons. The van der Waals surface area contributed by atoms with Gasteiger partial charge in [0.1, 0.15) is 0 Å². The van der Waals surface area contributed by atoms with Gasteiger partial charge in [0.2, 0.25) is 0 Å². The maximum absolute atomic E-state index is 12.1. The monoisotopic (exact) mass is 327 g/mol. The molecule has 2 rings (SSSR count). The first-order valence-corrected chi connectivity index (χ1v) is 7.91. The fraction of sp³-hybridized carbons (Fsp3) is 0.333. The molecule has 0 aliphatic rings. The van der Waals surface area contributed by atoms with Gasteiger partial charge in [0, 0.05) is 24.9 Å². The van der Waals surface area contributed by atoms with Crippen molar-refractivity contribution in [2.75, 3.05) is 6.54 Å². The summed E-state index contributed by atoms with van der Waals surface area (Å²) in [5.74, 6) is -0.777. The number of hydrogen-bond acceptors (Lipinski definition) is 5. The fourth-order valence-corrected chi connectivity index (χ4v) is 2.27. The predicted molar refractivity (Wildman–Crippen MR) is 89.4 cm³/mol. The second-order valence-corrected chi connectivity index (χ2v) is 5.40. The second kappa shape index (κ2) is 8.76. The normalized spacial score (nSPS) is 12.9. The highest BCUT2D eigenvalue weighted by Crippen LogP contribution is 2.18. The van der Waals surface area contributed by atoms with Gasteiger partial charge in [-0.25, -0.2) is 9.78 Å². The fourth-order valence-electron chi connectivity index (χ4n) is 2.27. The van der Waals surface area contributed by atoms with E-state index in [0.29, 0.717) is 6.54 Å². The first-order chi connectivity index (χ1) is 11.6. The summed E-state index contributed by atoms with van der Waals surface area (Å²) >= 11 is 0. The van der Waals surface area contributed by atoms with Crippen LogP contribution in [0.4, 0.5) is 0 Å². The Morgan fingerprint density at radius 1 is 1.21 bits per heavy atom. The molecule has 0 spiro atoms. The summed E-state index contributed by atoms with van der Waals surface area (Å²) in [6.45, 7) is 4.10. The molecule has 0 fully saturated rings. The number of rotatable bonds is 7. The molecule has 2 atom stereocenters. The summed E-state index contributed by atoms with van der Waals surface area (Å²) < 4.78 is 5.12. The van der Waals surface area contributed by atoms with Crippen LogP contribution >= 0.6 is 0 Å². The Bertz CT molecular complexity index is 662. The Morgan fingerprint density at radius 3 is 2.58 bits per heavy atom. The van der Waals surface area contributed by atoms with Gasteiger partial charge in [-0.3, -0.25) is 9.78 Å². The van der Waals surface area contributed by atoms with Crippen LogP contribution in [0, 0.1) is 0 Å². The van der Waals surface area contributed by atoms with Crippen molar-refractivity contribution in [3.63, 3.8) is 0 Å². The molecule has 2 aromatic rings. The molecule has 0 saturated carbocycles. The lowest BCUT2D eigenvalue weighted by atomic mass is 9.96. The third-order valence-corrected chi connectivity index (χ3v) is 3.71. The van der Waals surface area contributed by atoms with Crippen molar-refractivity contribution < 1.29 is 14.3 Å². The Morgan fingerprint density at radius 2 is 1.96 bits per heavy atom. The van der Waals surface area contributed by atoms with Crippen molar-refractivity contribution in [2.45, 2.75) is 32.3 Å². The van der Waals surface area contributed by atoms with Crippen LogP contribution in [-0.2, 0) is 9.53 Å². The molecule has 0 saturated heterocycles. The maximum Gasteiger partial charge on any atom is 0.359 e. The lowest BCUT2D eigenvalue weighted by Crippen LogP contribution is -2.38. The number of esters is 1. The van der Waals surface area contributed by atoms with Crippen molar-refractivity contribution in [3.05, 3.63) is 60.2 Å². The lowest BCUT2D eigenvalue weighted by molar-refractivity contribution is -0.129. The van der Waals surface area contributed by atoms with Crippen LogP contribution in [0.3, 0.4) is 0 Å². The number of nitrogens with one attached hydrogen (secondary N) is 1. The number of ether oxygens (including phenoxy) is 1. The van der Waals surface area contributed by atoms with Crippen molar-refractivity contribution in [3.8, 4) is 0 Å². The number of aromatic nitrogens is 2. The SMILES string of the molecule is CC[C@@H](CNC(=O)[C@@H](C)OC(=O)c1cnccn1)c1ccccc1. The third kappa shape index (κ3) is 4.87. The lowest BCUT2D eigenvalue weighted by Gasteiger charge is -2.18. The topological polar surface area (TPSA) is 81.2 Å². The number of carbonyl (C=O) groups excluding carboxylic acids is 2. The van der Waals surface area contributed by atoms with Crippen LogP contribution in [0.5, 0.6) is 0 Å². The van der Waals surface area contributed by atoms with E-state index >= 15 is 0 Å². The molecule has 0 aliphatic heterocycles. The zero-order valence-electron chi connectivity index (χ0n) is 13.8. The minimum atomic E-state index is -0.896. The molecule has 0 aliphatic carbocycles. The van der Waals surface area contributed by atoms with Crippen LogP contribution < -0.4 is 5.32 Å². The minimum Gasteiger partial charge on any atom is -0.448 e. The summed E-state index contributed by atoms with van der Waals surface area (Å²) in [5, 5.41) is 2.84. The Hall–Kier alpha value is -2.76. The Kier molecular flexibility index (Phi) is 6.42. The van der Waals surface area contributed by atoms with E-state index in [1.807, 2.05) is 30.3 Å². The minimum absolute atomic E-state index is 0.0767. The zero-order valence-corrected chi connectivity index (χ0v) is 13.8. The van der Waals surface area contributed by atoms with Gasteiger partial charge >= 0.3 is 5.97 Å². The van der Waals surface area contributed by atoms with Gasteiger partial charge < -0.3 is 10.1 Å². The van der Waals surface area contributed by atoms with Gasteiger partial charge in [0.25, 0.3) is 5.91 Å². The molecule has 0 bridgehead atoms. The largest absolute Gasteiger partial charge is 0.448 e. The first kappa shape index (κ1) is 17.6. The number of hydrogen-bond donors (Lipinski definition) is 1. The van der Waals surface area contributed by atoms with E-state index in [-0.39, 0.29) is 17.5 Å². The molecule has 1 amide bonds. The van der Waals surface area contributed by atoms with E-state index in [0.717, 1.165) is 6.42 Å². The molecule has 0 radical (unpaired) electrons. The quantitative estimate of drug-likeness (QED) is 0.789. The highest BCUT2D eigenvalue weighted by molar-refractivity contribution is 5.90. The van der Waals surface area contributed by atoms with Crippen molar-refractivity contribution >= 4 is 11.9 Å². The van der Waals surface area contributed by atoms with Gasteiger partial charge in [-0.2, -0.15) is 0 Å². The van der Waals surface area contributed by atoms with Crippen molar-refractivity contribution in [1.82, 2.24) is 15.3 Å². The van der Waals surface area contributed by atoms with Crippen LogP contribution in [-0.4, -0.2) is 34.5 Å². The highest BCUT2D eigenvalue weighted by atomic mass is 16.5. The van der Waals surface area contributed by atoms with Crippen LogP contribution in [0.25, 0.3) is 0 Å². The molecule has 6 heteroatoms. The van der Waals surface area contributed by atoms with E-state index in [2.05, 4.69) is 22.2 Å². The predicted octanol–water partition coefficient (Wildman–Crippen LogP) is 2.33. The molecule has 1 N–H and O–H groups in total. The molecule has 1 aromatic heterocycles. The smallest absolute Gasteiger partial charge is 0.359 e. The van der Waals surface area contributed by atoms with E-state index in [1.54, 1.807) is 0 Å². The van der Waals surface area contributed by atoms with E-state index < -0.39 is 12.1 Å². The van der Waals surface area contributed by atoms with Gasteiger partial charge in [0.15, 0.2) is 11.8 Å². The van der Waals surface area contributed by atoms with Gasteiger partial charge in [-0.05, 0) is 18.9 Å². The zero-order chi connectivity index (χ0) is 17.4. The molecule has 1 aromatic carbocycles. The number of amides is 1. The highest BCUT2D eigenvalue weighted by Gasteiger charge is 2.20. The molecule has 24 heavy (non-hydrogen) atoms. The van der Waals surface area contributed by atoms with E-state index in [1.165, 1.54) is 31.1 Å². The number of carbonyl (C=O) groups is 2. The standard InChI is InChI=1S/C18H21N3O3/c1-3-14(15-7-5-4-6-8-15)11-21-17(22)13(2)24-18(23)16-12-19-9-10-20-16/h4-10,12-14H,3,11H2,1-2H3,(H,21,22)/t13-,14+/m1/s1.